The van der Waals surface area contributed by atoms with Crippen molar-refractivity contribution < 1.29 is 0 Å². The van der Waals surface area contributed by atoms with Crippen LogP contribution < -0.4 is 5.32 Å². The Hall–Kier alpha value is -0.0800. The molecule has 94 valence electrons. The van der Waals surface area contributed by atoms with Gasteiger partial charge in [-0.2, -0.15) is 0 Å². The fourth-order valence-electron chi connectivity index (χ4n) is 3.79. The lowest BCUT2D eigenvalue weighted by Crippen LogP contribution is -2.55. The highest BCUT2D eigenvalue weighted by molar-refractivity contribution is 4.93. The maximum Gasteiger partial charge on any atom is 0.0117 e. The van der Waals surface area contributed by atoms with Gasteiger partial charge in [0.2, 0.25) is 0 Å². The van der Waals surface area contributed by atoms with E-state index < -0.39 is 0 Å². The summed E-state index contributed by atoms with van der Waals surface area (Å²) in [7, 11) is 2.11. The molecule has 5 unspecified atom stereocenters. The molecule has 2 aliphatic rings. The maximum atomic E-state index is 3.48. The minimum absolute atomic E-state index is 0.727. The molecule has 1 aliphatic heterocycles. The Kier molecular flexibility index (Phi) is 3.91. The van der Waals surface area contributed by atoms with Crippen molar-refractivity contribution in [2.45, 2.75) is 64.6 Å². The fraction of sp³-hybridized carbons (Fsp3) is 1.00. The van der Waals surface area contributed by atoms with Gasteiger partial charge < -0.3 is 5.32 Å². The topological polar surface area (TPSA) is 15.3 Å². The summed E-state index contributed by atoms with van der Waals surface area (Å²) in [6.07, 6.45) is 5.63. The standard InChI is InChI=1S/C14H28N2/c1-10-5-6-13(9-10)16-8-7-14(15-4)11(2)12(16)3/h10-15H,5-9H2,1-4H3. The van der Waals surface area contributed by atoms with Crippen molar-refractivity contribution in [2.75, 3.05) is 13.6 Å². The van der Waals surface area contributed by atoms with Crippen LogP contribution in [0.3, 0.4) is 0 Å². The molecule has 1 saturated carbocycles. The molecule has 0 amide bonds. The number of rotatable bonds is 2. The van der Waals surface area contributed by atoms with Crippen molar-refractivity contribution in [3.05, 3.63) is 0 Å². The Morgan fingerprint density at radius 3 is 2.38 bits per heavy atom. The van der Waals surface area contributed by atoms with Crippen LogP contribution in [0.2, 0.25) is 0 Å². The minimum Gasteiger partial charge on any atom is -0.317 e. The van der Waals surface area contributed by atoms with Gasteiger partial charge in [0.25, 0.3) is 0 Å². The maximum absolute atomic E-state index is 3.48. The predicted molar refractivity (Wildman–Crippen MR) is 69.6 cm³/mol. The number of hydrogen-bond acceptors (Lipinski definition) is 2. The molecule has 1 N–H and O–H groups in total. The van der Waals surface area contributed by atoms with Crippen LogP contribution in [0.25, 0.3) is 0 Å². The SMILES string of the molecule is CNC1CCN(C2CCC(C)C2)C(C)C1C. The Labute approximate surface area is 101 Å². The normalized spacial score (nSPS) is 46.1. The Balaban J connectivity index is 1.96. The van der Waals surface area contributed by atoms with Crippen molar-refractivity contribution in [3.8, 4) is 0 Å². The molecule has 0 aromatic carbocycles. The van der Waals surface area contributed by atoms with Gasteiger partial charge in [0.1, 0.15) is 0 Å². The molecule has 5 atom stereocenters. The molecule has 0 spiro atoms. The lowest BCUT2D eigenvalue weighted by atomic mass is 9.86. The molecular weight excluding hydrogens is 196 g/mol. The van der Waals surface area contributed by atoms with E-state index in [0.29, 0.717) is 0 Å². The van der Waals surface area contributed by atoms with Crippen molar-refractivity contribution in [1.29, 1.82) is 0 Å². The number of nitrogens with one attached hydrogen (secondary N) is 1. The Morgan fingerprint density at radius 1 is 1.06 bits per heavy atom. The van der Waals surface area contributed by atoms with Crippen LogP contribution in [0.15, 0.2) is 0 Å². The first-order valence-corrected chi connectivity index (χ1v) is 7.06. The van der Waals surface area contributed by atoms with Crippen LogP contribution in [0.1, 0.15) is 46.5 Å². The number of hydrogen-bond donors (Lipinski definition) is 1. The van der Waals surface area contributed by atoms with Crippen LogP contribution in [0.4, 0.5) is 0 Å². The second-order valence-corrected chi connectivity index (χ2v) is 6.09. The van der Waals surface area contributed by atoms with E-state index in [1.54, 1.807) is 0 Å². The third kappa shape index (κ3) is 2.28. The molecule has 16 heavy (non-hydrogen) atoms. The number of likely N-dealkylation sites (tertiary alicyclic amines) is 1. The van der Waals surface area contributed by atoms with Crippen LogP contribution in [0.5, 0.6) is 0 Å². The first-order chi connectivity index (χ1) is 7.63. The minimum atomic E-state index is 0.727. The molecule has 2 rings (SSSR count). The molecule has 0 aromatic heterocycles. The van der Waals surface area contributed by atoms with Gasteiger partial charge in [0, 0.05) is 24.7 Å². The largest absolute Gasteiger partial charge is 0.317 e. The first kappa shape index (κ1) is 12.4. The molecule has 0 bridgehead atoms. The summed E-state index contributed by atoms with van der Waals surface area (Å²) in [5.41, 5.74) is 0. The van der Waals surface area contributed by atoms with Gasteiger partial charge in [-0.15, -0.1) is 0 Å². The van der Waals surface area contributed by atoms with Gasteiger partial charge in [0.15, 0.2) is 0 Å². The van der Waals surface area contributed by atoms with Gasteiger partial charge >= 0.3 is 0 Å². The molecule has 1 saturated heterocycles. The van der Waals surface area contributed by atoms with Crippen molar-refractivity contribution in [3.63, 3.8) is 0 Å². The Morgan fingerprint density at radius 2 is 1.81 bits per heavy atom. The molecule has 2 heteroatoms. The van der Waals surface area contributed by atoms with Crippen molar-refractivity contribution in [1.82, 2.24) is 10.2 Å². The average molecular weight is 224 g/mol. The third-order valence-electron chi connectivity index (χ3n) is 5.12. The van der Waals surface area contributed by atoms with Crippen molar-refractivity contribution >= 4 is 0 Å². The Bertz CT molecular complexity index is 229. The zero-order chi connectivity index (χ0) is 11.7. The summed E-state index contributed by atoms with van der Waals surface area (Å²) in [6.45, 7) is 8.55. The number of piperidine rings is 1. The molecular formula is C14H28N2. The highest BCUT2D eigenvalue weighted by Gasteiger charge is 2.37. The van der Waals surface area contributed by atoms with E-state index in [1.807, 2.05) is 0 Å². The van der Waals surface area contributed by atoms with Crippen LogP contribution >= 0.6 is 0 Å². The van der Waals surface area contributed by atoms with E-state index in [4.69, 9.17) is 0 Å². The van der Waals surface area contributed by atoms with E-state index >= 15 is 0 Å². The van der Waals surface area contributed by atoms with Gasteiger partial charge in [-0.3, -0.25) is 4.90 Å². The summed E-state index contributed by atoms with van der Waals surface area (Å²) in [4.78, 5) is 2.79. The van der Waals surface area contributed by atoms with Gasteiger partial charge in [-0.25, -0.2) is 0 Å². The second-order valence-electron chi connectivity index (χ2n) is 6.09. The zero-order valence-electron chi connectivity index (χ0n) is 11.4. The molecule has 1 aliphatic carbocycles. The first-order valence-electron chi connectivity index (χ1n) is 7.06. The number of nitrogens with zero attached hydrogens (tertiary/aromatic N) is 1. The van der Waals surface area contributed by atoms with Crippen LogP contribution in [-0.4, -0.2) is 36.6 Å². The smallest absolute Gasteiger partial charge is 0.0117 e. The summed E-state index contributed by atoms with van der Waals surface area (Å²) in [5.74, 6) is 1.74. The summed E-state index contributed by atoms with van der Waals surface area (Å²) >= 11 is 0. The summed E-state index contributed by atoms with van der Waals surface area (Å²) in [5, 5.41) is 3.48. The van der Waals surface area contributed by atoms with Crippen LogP contribution in [0, 0.1) is 11.8 Å². The highest BCUT2D eigenvalue weighted by atomic mass is 15.2. The zero-order valence-corrected chi connectivity index (χ0v) is 11.4. The van der Waals surface area contributed by atoms with E-state index in [2.05, 4.69) is 38.0 Å². The summed E-state index contributed by atoms with van der Waals surface area (Å²) < 4.78 is 0. The molecule has 2 fully saturated rings. The van der Waals surface area contributed by atoms with Crippen LogP contribution in [-0.2, 0) is 0 Å². The predicted octanol–water partition coefficient (Wildman–Crippen LogP) is 2.49. The quantitative estimate of drug-likeness (QED) is 0.775. The third-order valence-corrected chi connectivity index (χ3v) is 5.12. The molecule has 0 radical (unpaired) electrons. The second kappa shape index (κ2) is 5.05. The average Bonchev–Trinajstić information content (AvgIpc) is 2.69. The molecule has 1 heterocycles. The van der Waals surface area contributed by atoms with Crippen molar-refractivity contribution in [2.24, 2.45) is 11.8 Å². The molecule has 2 nitrogen and oxygen atoms in total. The van der Waals surface area contributed by atoms with E-state index in [0.717, 1.165) is 30.0 Å². The fourth-order valence-corrected chi connectivity index (χ4v) is 3.79. The lowest BCUT2D eigenvalue weighted by Gasteiger charge is -2.45. The monoisotopic (exact) mass is 224 g/mol. The van der Waals surface area contributed by atoms with Gasteiger partial charge in [-0.05, 0) is 51.5 Å². The van der Waals surface area contributed by atoms with Gasteiger partial charge in [-0.1, -0.05) is 13.8 Å². The van der Waals surface area contributed by atoms with Gasteiger partial charge in [0.05, 0.1) is 0 Å². The van der Waals surface area contributed by atoms with E-state index in [9.17, 15) is 0 Å². The lowest BCUT2D eigenvalue weighted by molar-refractivity contribution is 0.0495. The summed E-state index contributed by atoms with van der Waals surface area (Å²) in [6, 6.07) is 2.36. The van der Waals surface area contributed by atoms with E-state index in [-0.39, 0.29) is 0 Å². The van der Waals surface area contributed by atoms with E-state index in [1.165, 1.54) is 32.2 Å². The molecule has 0 aromatic rings. The highest BCUT2D eigenvalue weighted by Crippen LogP contribution is 2.34.